The minimum Gasteiger partial charge on any atom is -0.486 e. The Balaban J connectivity index is 2.14. The van der Waals surface area contributed by atoms with Gasteiger partial charge >= 0.3 is 0 Å². The molecule has 0 fully saturated rings. The highest BCUT2D eigenvalue weighted by Crippen LogP contribution is 2.26. The van der Waals surface area contributed by atoms with Gasteiger partial charge in [0.25, 0.3) is 0 Å². The third kappa shape index (κ3) is 3.01. The van der Waals surface area contributed by atoms with Crippen molar-refractivity contribution in [2.45, 2.75) is 19.6 Å². The van der Waals surface area contributed by atoms with Gasteiger partial charge in [-0.3, -0.25) is 0 Å². The van der Waals surface area contributed by atoms with E-state index < -0.39 is 6.10 Å². The van der Waals surface area contributed by atoms with Gasteiger partial charge in [-0.25, -0.2) is 9.37 Å². The topological polar surface area (TPSA) is 42.4 Å². The molecule has 5 heteroatoms. The highest BCUT2D eigenvalue weighted by molar-refractivity contribution is 7.09. The smallest absolute Gasteiger partial charge is 0.140 e. The van der Waals surface area contributed by atoms with Gasteiger partial charge in [0, 0.05) is 17.1 Å². The molecule has 90 valence electrons. The Morgan fingerprint density at radius 3 is 3.00 bits per heavy atom. The molecule has 1 aromatic carbocycles. The summed E-state index contributed by atoms with van der Waals surface area (Å²) in [6.07, 6.45) is 0.931. The Hall–Kier alpha value is -1.46. The Kier molecular flexibility index (Phi) is 3.71. The summed E-state index contributed by atoms with van der Waals surface area (Å²) in [5.74, 6) is 0.0964. The highest BCUT2D eigenvalue weighted by atomic mass is 32.1. The van der Waals surface area contributed by atoms with Crippen LogP contribution in [-0.4, -0.2) is 10.1 Å². The van der Waals surface area contributed by atoms with Gasteiger partial charge in [-0.15, -0.1) is 11.3 Å². The molecule has 1 N–H and O–H groups in total. The number of rotatable bonds is 4. The van der Waals surface area contributed by atoms with Gasteiger partial charge in [0.2, 0.25) is 0 Å². The summed E-state index contributed by atoms with van der Waals surface area (Å²) in [5, 5.41) is 12.2. The molecule has 0 bridgehead atoms. The number of nitrogens with zero attached hydrogens (tertiary/aromatic N) is 1. The van der Waals surface area contributed by atoms with Crippen LogP contribution in [0, 0.1) is 5.82 Å². The second kappa shape index (κ2) is 5.25. The molecule has 0 aliphatic carbocycles. The minimum atomic E-state index is -0.767. The quantitative estimate of drug-likeness (QED) is 0.911. The predicted molar refractivity (Wildman–Crippen MR) is 63.5 cm³/mol. The van der Waals surface area contributed by atoms with E-state index >= 15 is 0 Å². The SMILES string of the molecule is C[C@H](O)c1cc(F)ccc1OCc1nccs1. The fourth-order valence-electron chi connectivity index (χ4n) is 1.44. The predicted octanol–water partition coefficient (Wildman–Crippen LogP) is 2.91. The average molecular weight is 253 g/mol. The lowest BCUT2D eigenvalue weighted by Gasteiger charge is -2.12. The molecule has 2 aromatic rings. The molecule has 0 aliphatic rings. The number of halogens is 1. The van der Waals surface area contributed by atoms with Crippen LogP contribution in [-0.2, 0) is 6.61 Å². The molecular formula is C12H12FNO2S. The van der Waals surface area contributed by atoms with Crippen molar-refractivity contribution in [1.82, 2.24) is 4.98 Å². The van der Waals surface area contributed by atoms with E-state index in [1.54, 1.807) is 13.1 Å². The van der Waals surface area contributed by atoms with E-state index in [4.69, 9.17) is 4.74 Å². The van der Waals surface area contributed by atoms with Crippen LogP contribution in [0.4, 0.5) is 4.39 Å². The number of aliphatic hydroxyl groups is 1. The van der Waals surface area contributed by atoms with E-state index in [0.717, 1.165) is 5.01 Å². The lowest BCUT2D eigenvalue weighted by atomic mass is 10.1. The maximum absolute atomic E-state index is 13.0. The summed E-state index contributed by atoms with van der Waals surface area (Å²) in [5.41, 5.74) is 0.446. The van der Waals surface area contributed by atoms with E-state index in [-0.39, 0.29) is 5.82 Å². The van der Waals surface area contributed by atoms with Gasteiger partial charge in [0.1, 0.15) is 23.2 Å². The summed E-state index contributed by atoms with van der Waals surface area (Å²) < 4.78 is 18.6. The standard InChI is InChI=1S/C12H12FNO2S/c1-8(15)10-6-9(13)2-3-11(10)16-7-12-14-4-5-17-12/h2-6,8,15H,7H2,1H3/t8-/m0/s1. The van der Waals surface area contributed by atoms with Crippen molar-refractivity contribution < 1.29 is 14.2 Å². The molecule has 0 saturated heterocycles. The van der Waals surface area contributed by atoms with Gasteiger partial charge in [-0.05, 0) is 25.1 Å². The molecule has 1 atom stereocenters. The van der Waals surface area contributed by atoms with Crippen molar-refractivity contribution in [3.05, 3.63) is 46.2 Å². The first kappa shape index (κ1) is 12.0. The average Bonchev–Trinajstić information content (AvgIpc) is 2.80. The maximum Gasteiger partial charge on any atom is 0.140 e. The van der Waals surface area contributed by atoms with Gasteiger partial charge in [-0.2, -0.15) is 0 Å². The van der Waals surface area contributed by atoms with Crippen LogP contribution in [0.15, 0.2) is 29.8 Å². The van der Waals surface area contributed by atoms with E-state index in [1.807, 2.05) is 5.38 Å². The van der Waals surface area contributed by atoms with Crippen LogP contribution in [0.3, 0.4) is 0 Å². The molecule has 17 heavy (non-hydrogen) atoms. The molecule has 0 radical (unpaired) electrons. The van der Waals surface area contributed by atoms with Gasteiger partial charge in [0.15, 0.2) is 0 Å². The summed E-state index contributed by atoms with van der Waals surface area (Å²) in [6.45, 7) is 1.90. The third-order valence-corrected chi connectivity index (χ3v) is 3.01. The largest absolute Gasteiger partial charge is 0.486 e. The Morgan fingerprint density at radius 1 is 1.53 bits per heavy atom. The number of thiazole rings is 1. The molecule has 1 aromatic heterocycles. The van der Waals surface area contributed by atoms with Crippen LogP contribution in [0.25, 0.3) is 0 Å². The van der Waals surface area contributed by atoms with Crippen LogP contribution < -0.4 is 4.74 Å². The molecule has 1 heterocycles. The maximum atomic E-state index is 13.0. The zero-order chi connectivity index (χ0) is 12.3. The van der Waals surface area contributed by atoms with Crippen molar-refractivity contribution in [2.75, 3.05) is 0 Å². The van der Waals surface area contributed by atoms with Crippen molar-refractivity contribution in [3.63, 3.8) is 0 Å². The first-order valence-corrected chi connectivity index (χ1v) is 6.03. The summed E-state index contributed by atoms with van der Waals surface area (Å²) in [4.78, 5) is 4.08. The number of ether oxygens (including phenoxy) is 1. The number of hydrogen-bond acceptors (Lipinski definition) is 4. The van der Waals surface area contributed by atoms with Gasteiger partial charge < -0.3 is 9.84 Å². The number of benzene rings is 1. The van der Waals surface area contributed by atoms with E-state index in [9.17, 15) is 9.50 Å². The van der Waals surface area contributed by atoms with Crippen molar-refractivity contribution >= 4 is 11.3 Å². The fourth-order valence-corrected chi connectivity index (χ4v) is 1.97. The summed E-state index contributed by atoms with van der Waals surface area (Å²) >= 11 is 1.49. The second-order valence-electron chi connectivity index (χ2n) is 3.57. The monoisotopic (exact) mass is 253 g/mol. The molecule has 0 saturated carbocycles. The lowest BCUT2D eigenvalue weighted by Crippen LogP contribution is -2.01. The third-order valence-electron chi connectivity index (χ3n) is 2.26. The van der Waals surface area contributed by atoms with E-state index in [2.05, 4.69) is 4.98 Å². The van der Waals surface area contributed by atoms with Crippen molar-refractivity contribution in [2.24, 2.45) is 0 Å². The number of hydrogen-bond donors (Lipinski definition) is 1. The van der Waals surface area contributed by atoms with Crippen LogP contribution in [0.1, 0.15) is 23.6 Å². The van der Waals surface area contributed by atoms with Crippen LogP contribution >= 0.6 is 11.3 Å². The Bertz CT molecular complexity index is 485. The van der Waals surface area contributed by atoms with Gasteiger partial charge in [-0.1, -0.05) is 0 Å². The Labute approximate surface area is 103 Å². The van der Waals surface area contributed by atoms with E-state index in [0.29, 0.717) is 17.9 Å². The van der Waals surface area contributed by atoms with E-state index in [1.165, 1.54) is 29.5 Å². The molecule has 2 rings (SSSR count). The zero-order valence-electron chi connectivity index (χ0n) is 9.26. The second-order valence-corrected chi connectivity index (χ2v) is 4.55. The summed E-state index contributed by atoms with van der Waals surface area (Å²) in [7, 11) is 0. The fraction of sp³-hybridized carbons (Fsp3) is 0.250. The summed E-state index contributed by atoms with van der Waals surface area (Å²) in [6, 6.07) is 4.11. The first-order valence-electron chi connectivity index (χ1n) is 5.15. The van der Waals surface area contributed by atoms with Crippen molar-refractivity contribution in [1.29, 1.82) is 0 Å². The molecular weight excluding hydrogens is 241 g/mol. The van der Waals surface area contributed by atoms with Gasteiger partial charge in [0.05, 0.1) is 6.10 Å². The van der Waals surface area contributed by atoms with Crippen molar-refractivity contribution in [3.8, 4) is 5.75 Å². The number of aliphatic hydroxyl groups excluding tert-OH is 1. The molecule has 0 aliphatic heterocycles. The molecule has 0 spiro atoms. The Morgan fingerprint density at radius 2 is 2.35 bits per heavy atom. The minimum absolute atomic E-state index is 0.322. The normalized spacial score (nSPS) is 12.4. The first-order chi connectivity index (χ1) is 8.16. The lowest BCUT2D eigenvalue weighted by molar-refractivity contribution is 0.189. The number of aromatic nitrogens is 1. The molecule has 3 nitrogen and oxygen atoms in total. The highest BCUT2D eigenvalue weighted by Gasteiger charge is 2.11. The molecule has 0 unspecified atom stereocenters. The molecule has 0 amide bonds. The van der Waals surface area contributed by atoms with Crippen LogP contribution in [0.2, 0.25) is 0 Å². The zero-order valence-corrected chi connectivity index (χ0v) is 10.1. The van der Waals surface area contributed by atoms with Crippen LogP contribution in [0.5, 0.6) is 5.75 Å².